The second-order valence-corrected chi connectivity index (χ2v) is 4.48. The summed E-state index contributed by atoms with van der Waals surface area (Å²) in [6, 6.07) is 3.28. The minimum absolute atomic E-state index is 0.357. The Morgan fingerprint density at radius 3 is 2.42 bits per heavy atom. The van der Waals surface area contributed by atoms with Gasteiger partial charge in [-0.05, 0) is 39.7 Å². The average Bonchev–Trinajstić information content (AvgIpc) is 1.96. The maximum atomic E-state index is 10.8. The van der Waals surface area contributed by atoms with E-state index in [0.717, 1.165) is 4.47 Å². The molecule has 0 saturated heterocycles. The fourth-order valence-corrected chi connectivity index (χ4v) is 2.18. The highest BCUT2D eigenvalue weighted by molar-refractivity contribution is 9.11. The van der Waals surface area contributed by atoms with Gasteiger partial charge >= 0.3 is 0 Å². The zero-order valence-corrected chi connectivity index (χ0v) is 10.3. The molecule has 0 bridgehead atoms. The number of halogens is 4. The summed E-state index contributed by atoms with van der Waals surface area (Å²) in [5.41, 5.74) is 0.357. The van der Waals surface area contributed by atoms with E-state index in [1.165, 1.54) is 0 Å². The molecular weight excluding hydrogens is 331 g/mol. The smallest absolute Gasteiger partial charge is 0.253 e. The van der Waals surface area contributed by atoms with Crippen LogP contribution in [0.15, 0.2) is 21.1 Å². The third kappa shape index (κ3) is 2.22. The second-order valence-electron chi connectivity index (χ2n) is 2.02. The van der Waals surface area contributed by atoms with Crippen molar-refractivity contribution < 1.29 is 4.79 Å². The first kappa shape index (κ1) is 10.5. The van der Waals surface area contributed by atoms with Crippen LogP contribution in [-0.4, -0.2) is 5.24 Å². The van der Waals surface area contributed by atoms with E-state index in [-0.39, 0.29) is 0 Å². The van der Waals surface area contributed by atoms with Crippen molar-refractivity contribution in [2.45, 2.75) is 0 Å². The van der Waals surface area contributed by atoms with Crippen molar-refractivity contribution in [1.29, 1.82) is 0 Å². The standard InChI is InChI=1S/C7H2Br2Cl2O/c8-3-1-4(7(11)12)6(9)5(10)2-3/h1-2H. The highest BCUT2D eigenvalue weighted by Gasteiger charge is 2.11. The Morgan fingerprint density at radius 2 is 1.92 bits per heavy atom. The van der Waals surface area contributed by atoms with Crippen molar-refractivity contribution in [3.05, 3.63) is 31.7 Å². The number of carbonyl (C=O) groups excluding carboxylic acids is 1. The van der Waals surface area contributed by atoms with Crippen LogP contribution in [0.4, 0.5) is 0 Å². The highest BCUT2D eigenvalue weighted by Crippen LogP contribution is 2.31. The van der Waals surface area contributed by atoms with Crippen LogP contribution in [0.2, 0.25) is 5.02 Å². The summed E-state index contributed by atoms with van der Waals surface area (Å²) in [4.78, 5) is 10.8. The molecule has 1 nitrogen and oxygen atoms in total. The zero-order chi connectivity index (χ0) is 9.30. The Hall–Kier alpha value is 0.430. The lowest BCUT2D eigenvalue weighted by Crippen LogP contribution is -1.91. The van der Waals surface area contributed by atoms with Crippen molar-refractivity contribution >= 4 is 60.3 Å². The first-order chi connectivity index (χ1) is 5.52. The van der Waals surface area contributed by atoms with Gasteiger partial charge in [-0.3, -0.25) is 4.79 Å². The molecule has 0 radical (unpaired) electrons. The Balaban J connectivity index is 3.37. The Bertz CT molecular complexity index is 338. The van der Waals surface area contributed by atoms with Gasteiger partial charge in [0.15, 0.2) is 0 Å². The first-order valence-corrected chi connectivity index (χ1v) is 5.21. The molecule has 0 amide bonds. The molecule has 1 aromatic rings. The summed E-state index contributed by atoms with van der Waals surface area (Å²) < 4.78 is 1.24. The lowest BCUT2D eigenvalue weighted by atomic mass is 10.2. The van der Waals surface area contributed by atoms with Crippen molar-refractivity contribution in [3.63, 3.8) is 0 Å². The van der Waals surface area contributed by atoms with Crippen LogP contribution in [0, 0.1) is 0 Å². The van der Waals surface area contributed by atoms with Gasteiger partial charge in [0.1, 0.15) is 0 Å². The van der Waals surface area contributed by atoms with Gasteiger partial charge in [0.2, 0.25) is 0 Å². The molecule has 0 atom stereocenters. The average molecular weight is 333 g/mol. The summed E-state index contributed by atoms with van der Waals surface area (Å²) in [5.74, 6) is 0. The summed E-state index contributed by atoms with van der Waals surface area (Å²) >= 11 is 17.4. The van der Waals surface area contributed by atoms with Crippen LogP contribution in [0.3, 0.4) is 0 Å². The van der Waals surface area contributed by atoms with Crippen LogP contribution in [0.1, 0.15) is 10.4 Å². The molecule has 1 rings (SSSR count). The predicted octanol–water partition coefficient (Wildman–Crippen LogP) is 4.24. The molecule has 0 spiro atoms. The Kier molecular flexibility index (Phi) is 3.58. The maximum absolute atomic E-state index is 10.8. The fraction of sp³-hybridized carbons (Fsp3) is 0. The normalized spacial score (nSPS) is 10.0. The molecular formula is C7H2Br2Cl2O. The highest BCUT2D eigenvalue weighted by atomic mass is 79.9. The van der Waals surface area contributed by atoms with Crippen LogP contribution >= 0.6 is 55.1 Å². The van der Waals surface area contributed by atoms with E-state index >= 15 is 0 Å². The molecule has 12 heavy (non-hydrogen) atoms. The molecule has 0 saturated carbocycles. The molecule has 0 aromatic heterocycles. The van der Waals surface area contributed by atoms with Crippen LogP contribution in [0.5, 0.6) is 0 Å². The summed E-state index contributed by atoms with van der Waals surface area (Å²) in [6.45, 7) is 0. The number of hydrogen-bond acceptors (Lipinski definition) is 1. The van der Waals surface area contributed by atoms with Crippen molar-refractivity contribution in [1.82, 2.24) is 0 Å². The van der Waals surface area contributed by atoms with Gasteiger partial charge in [0, 0.05) is 8.95 Å². The monoisotopic (exact) mass is 330 g/mol. The molecule has 1 aromatic carbocycles. The third-order valence-electron chi connectivity index (χ3n) is 1.20. The zero-order valence-electron chi connectivity index (χ0n) is 5.57. The number of benzene rings is 1. The van der Waals surface area contributed by atoms with E-state index in [1.54, 1.807) is 12.1 Å². The van der Waals surface area contributed by atoms with Crippen molar-refractivity contribution in [3.8, 4) is 0 Å². The van der Waals surface area contributed by atoms with Gasteiger partial charge in [0.25, 0.3) is 5.24 Å². The molecule has 64 valence electrons. The van der Waals surface area contributed by atoms with Crippen LogP contribution < -0.4 is 0 Å². The van der Waals surface area contributed by atoms with Gasteiger partial charge in [0.05, 0.1) is 10.6 Å². The molecule has 0 unspecified atom stereocenters. The van der Waals surface area contributed by atoms with E-state index in [9.17, 15) is 4.79 Å². The molecule has 0 heterocycles. The summed E-state index contributed by atoms with van der Waals surface area (Å²) in [7, 11) is 0. The lowest BCUT2D eigenvalue weighted by molar-refractivity contribution is 0.108. The van der Waals surface area contributed by atoms with Gasteiger partial charge in [-0.25, -0.2) is 0 Å². The van der Waals surface area contributed by atoms with Crippen molar-refractivity contribution in [2.75, 3.05) is 0 Å². The summed E-state index contributed by atoms with van der Waals surface area (Å²) in [6.07, 6.45) is 0. The third-order valence-corrected chi connectivity index (χ3v) is 3.25. The van der Waals surface area contributed by atoms with Gasteiger partial charge in [-0.15, -0.1) is 0 Å². The van der Waals surface area contributed by atoms with Crippen LogP contribution in [0.25, 0.3) is 0 Å². The first-order valence-electron chi connectivity index (χ1n) is 2.86. The fourth-order valence-electron chi connectivity index (χ4n) is 0.699. The Labute approximate surface area is 96.3 Å². The molecule has 0 aliphatic carbocycles. The van der Waals surface area contributed by atoms with E-state index in [2.05, 4.69) is 31.9 Å². The number of rotatable bonds is 1. The molecule has 0 aliphatic rings. The van der Waals surface area contributed by atoms with Gasteiger partial charge < -0.3 is 0 Å². The molecule has 0 aliphatic heterocycles. The van der Waals surface area contributed by atoms with E-state index < -0.39 is 5.24 Å². The van der Waals surface area contributed by atoms with Gasteiger partial charge in [-0.1, -0.05) is 27.5 Å². The van der Waals surface area contributed by atoms with E-state index in [0.29, 0.717) is 15.1 Å². The second kappa shape index (κ2) is 4.09. The maximum Gasteiger partial charge on any atom is 0.253 e. The molecule has 0 fully saturated rings. The van der Waals surface area contributed by atoms with Crippen LogP contribution in [-0.2, 0) is 0 Å². The Morgan fingerprint density at radius 1 is 1.33 bits per heavy atom. The summed E-state index contributed by atoms with van der Waals surface area (Å²) in [5, 5.41) is -0.0848. The quantitative estimate of drug-likeness (QED) is 0.555. The van der Waals surface area contributed by atoms with E-state index in [1.807, 2.05) is 0 Å². The number of carbonyl (C=O) groups is 1. The minimum Gasteiger partial charge on any atom is -0.276 e. The SMILES string of the molecule is O=C(Cl)c1cc(Br)cc(Cl)c1Br. The van der Waals surface area contributed by atoms with Crippen molar-refractivity contribution in [2.24, 2.45) is 0 Å². The van der Waals surface area contributed by atoms with Gasteiger partial charge in [-0.2, -0.15) is 0 Å². The lowest BCUT2D eigenvalue weighted by Gasteiger charge is -2.01. The largest absolute Gasteiger partial charge is 0.276 e. The molecule has 5 heteroatoms. The topological polar surface area (TPSA) is 17.1 Å². The van der Waals surface area contributed by atoms with E-state index in [4.69, 9.17) is 23.2 Å². The number of hydrogen-bond donors (Lipinski definition) is 0. The predicted molar refractivity (Wildman–Crippen MR) is 57.0 cm³/mol. The molecule has 0 N–H and O–H groups in total. The minimum atomic E-state index is -0.537.